The molecular weight excluding hydrogens is 182 g/mol. The molecule has 0 saturated carbocycles. The van der Waals surface area contributed by atoms with Crippen LogP contribution in [0, 0.1) is 0 Å². The SMILES string of the molecule is CC(C)N(CCCCl)C(C)C.[H-].[H-].[Mg+2]. The standard InChI is InChI=1S/C9H20ClN.Mg.2H/c1-8(2)11(9(3)4)7-5-6-10;;;/h8-9H,5-7H2,1-4H3;;;/q;+2;2*-1. The van der Waals surface area contributed by atoms with Crippen molar-refractivity contribution in [1.29, 1.82) is 0 Å². The van der Waals surface area contributed by atoms with Crippen LogP contribution in [0.5, 0.6) is 0 Å². The van der Waals surface area contributed by atoms with Gasteiger partial charge in [-0.2, -0.15) is 0 Å². The van der Waals surface area contributed by atoms with E-state index in [9.17, 15) is 0 Å². The van der Waals surface area contributed by atoms with Gasteiger partial charge in [-0.05, 0) is 40.7 Å². The van der Waals surface area contributed by atoms with Crippen LogP contribution in [0.3, 0.4) is 0 Å². The molecule has 0 amide bonds. The van der Waals surface area contributed by atoms with Gasteiger partial charge in [0.2, 0.25) is 0 Å². The van der Waals surface area contributed by atoms with E-state index in [1.165, 1.54) is 0 Å². The van der Waals surface area contributed by atoms with Crippen LogP contribution in [0.25, 0.3) is 0 Å². The molecule has 0 aliphatic carbocycles. The molecule has 0 aromatic carbocycles. The van der Waals surface area contributed by atoms with Crippen LogP contribution in [0.2, 0.25) is 0 Å². The van der Waals surface area contributed by atoms with E-state index in [4.69, 9.17) is 11.6 Å². The maximum atomic E-state index is 5.63. The molecule has 0 aromatic heterocycles. The maximum Gasteiger partial charge on any atom is 2.00 e. The van der Waals surface area contributed by atoms with Crippen molar-refractivity contribution < 1.29 is 2.85 Å². The molecule has 0 aromatic rings. The molecule has 0 radical (unpaired) electrons. The second-order valence-electron chi connectivity index (χ2n) is 3.47. The van der Waals surface area contributed by atoms with Gasteiger partial charge in [0.15, 0.2) is 0 Å². The Labute approximate surface area is 101 Å². The van der Waals surface area contributed by atoms with Crippen LogP contribution in [0.15, 0.2) is 0 Å². The van der Waals surface area contributed by atoms with Gasteiger partial charge in [0, 0.05) is 18.0 Å². The van der Waals surface area contributed by atoms with Gasteiger partial charge in [-0.15, -0.1) is 11.6 Å². The summed E-state index contributed by atoms with van der Waals surface area (Å²) in [6, 6.07) is 1.27. The second kappa shape index (κ2) is 8.61. The molecule has 0 unspecified atom stereocenters. The van der Waals surface area contributed by atoms with Gasteiger partial charge in [0.25, 0.3) is 0 Å². The van der Waals surface area contributed by atoms with Crippen molar-refractivity contribution in [3.63, 3.8) is 0 Å². The van der Waals surface area contributed by atoms with Crippen molar-refractivity contribution in [3.05, 3.63) is 0 Å². The molecule has 1 nitrogen and oxygen atoms in total. The molecule has 0 fully saturated rings. The largest absolute Gasteiger partial charge is 2.00 e. The molecule has 72 valence electrons. The normalized spacial score (nSPS) is 11.0. The zero-order valence-corrected chi connectivity index (χ0v) is 11.0. The first-order valence-corrected chi connectivity index (χ1v) is 4.94. The molecule has 3 heteroatoms. The van der Waals surface area contributed by atoms with Crippen LogP contribution in [0.4, 0.5) is 0 Å². The zero-order valence-electron chi connectivity index (χ0n) is 10.8. The fourth-order valence-electron chi connectivity index (χ4n) is 1.36. The number of nitrogens with zero attached hydrogens (tertiary/aromatic N) is 1. The fourth-order valence-corrected chi connectivity index (χ4v) is 1.47. The van der Waals surface area contributed by atoms with Gasteiger partial charge in [0.05, 0.1) is 0 Å². The number of alkyl halides is 1. The van der Waals surface area contributed by atoms with Crippen LogP contribution in [-0.2, 0) is 0 Å². The smallest absolute Gasteiger partial charge is 1.00 e. The van der Waals surface area contributed by atoms with E-state index in [1.807, 2.05) is 0 Å². The Morgan fingerprint density at radius 1 is 1.17 bits per heavy atom. The number of hydrogen-bond donors (Lipinski definition) is 0. The third-order valence-corrected chi connectivity index (χ3v) is 2.14. The maximum absolute atomic E-state index is 5.63. The molecular formula is C9H22ClMgN. The minimum absolute atomic E-state index is 0. The third kappa shape index (κ3) is 6.52. The van der Waals surface area contributed by atoms with Crippen molar-refractivity contribution in [2.24, 2.45) is 0 Å². The van der Waals surface area contributed by atoms with E-state index in [0.717, 1.165) is 18.8 Å². The van der Waals surface area contributed by atoms with Gasteiger partial charge >= 0.3 is 23.1 Å². The molecule has 0 saturated heterocycles. The van der Waals surface area contributed by atoms with E-state index < -0.39 is 0 Å². The molecule has 0 aliphatic rings. The fraction of sp³-hybridized carbons (Fsp3) is 1.00. The third-order valence-electron chi connectivity index (χ3n) is 1.88. The number of rotatable bonds is 5. The number of halogens is 1. The Kier molecular flexibility index (Phi) is 11.1. The van der Waals surface area contributed by atoms with Gasteiger partial charge < -0.3 is 2.85 Å². The Balaban J connectivity index is -0.000000167. The van der Waals surface area contributed by atoms with E-state index >= 15 is 0 Å². The van der Waals surface area contributed by atoms with E-state index in [-0.39, 0.29) is 25.9 Å². The van der Waals surface area contributed by atoms with Crippen LogP contribution >= 0.6 is 11.6 Å². The van der Waals surface area contributed by atoms with Crippen LogP contribution in [0.1, 0.15) is 37.0 Å². The summed E-state index contributed by atoms with van der Waals surface area (Å²) in [5.74, 6) is 0.774. The monoisotopic (exact) mass is 203 g/mol. The van der Waals surface area contributed by atoms with Crippen molar-refractivity contribution >= 4 is 34.7 Å². The van der Waals surface area contributed by atoms with Crippen LogP contribution < -0.4 is 0 Å². The average molecular weight is 204 g/mol. The number of hydrogen-bond acceptors (Lipinski definition) is 1. The second-order valence-corrected chi connectivity index (χ2v) is 3.85. The Bertz CT molecular complexity index is 96.8. The first-order valence-electron chi connectivity index (χ1n) is 4.41. The summed E-state index contributed by atoms with van der Waals surface area (Å²) in [7, 11) is 0. The predicted octanol–water partition coefficient (Wildman–Crippen LogP) is 2.58. The summed E-state index contributed by atoms with van der Waals surface area (Å²) in [5, 5.41) is 0. The first-order chi connectivity index (χ1) is 5.09. The van der Waals surface area contributed by atoms with Gasteiger partial charge in [-0.25, -0.2) is 0 Å². The van der Waals surface area contributed by atoms with Crippen molar-refractivity contribution in [2.75, 3.05) is 12.4 Å². The van der Waals surface area contributed by atoms with Crippen molar-refractivity contribution in [2.45, 2.75) is 46.2 Å². The molecule has 0 heterocycles. The van der Waals surface area contributed by atoms with Gasteiger partial charge in [0.1, 0.15) is 0 Å². The zero-order chi connectivity index (χ0) is 8.85. The summed E-state index contributed by atoms with van der Waals surface area (Å²) >= 11 is 5.63. The minimum Gasteiger partial charge on any atom is -1.00 e. The molecule has 12 heavy (non-hydrogen) atoms. The summed E-state index contributed by atoms with van der Waals surface area (Å²) < 4.78 is 0. The molecule has 0 spiro atoms. The van der Waals surface area contributed by atoms with Crippen molar-refractivity contribution in [3.8, 4) is 0 Å². The molecule has 0 rings (SSSR count). The van der Waals surface area contributed by atoms with E-state index in [1.54, 1.807) is 0 Å². The first kappa shape index (κ1) is 15.5. The molecule has 0 N–H and O–H groups in total. The van der Waals surface area contributed by atoms with Crippen LogP contribution in [-0.4, -0.2) is 52.5 Å². The topological polar surface area (TPSA) is 3.24 Å². The Morgan fingerprint density at radius 3 is 1.83 bits per heavy atom. The summed E-state index contributed by atoms with van der Waals surface area (Å²) in [6.45, 7) is 10.0. The van der Waals surface area contributed by atoms with Gasteiger partial charge in [-0.1, -0.05) is 0 Å². The minimum atomic E-state index is 0. The van der Waals surface area contributed by atoms with Crippen molar-refractivity contribution in [1.82, 2.24) is 4.90 Å². The Hall–Kier alpha value is 1.02. The molecule has 0 atom stereocenters. The average Bonchev–Trinajstić information content (AvgIpc) is 1.87. The quantitative estimate of drug-likeness (QED) is 0.491. The summed E-state index contributed by atoms with van der Waals surface area (Å²) in [5.41, 5.74) is 0. The van der Waals surface area contributed by atoms with E-state index in [2.05, 4.69) is 32.6 Å². The molecule has 0 bridgehead atoms. The summed E-state index contributed by atoms with van der Waals surface area (Å²) in [4.78, 5) is 2.46. The van der Waals surface area contributed by atoms with Gasteiger partial charge in [-0.3, -0.25) is 4.90 Å². The molecule has 0 aliphatic heterocycles. The Morgan fingerprint density at radius 2 is 1.58 bits per heavy atom. The summed E-state index contributed by atoms with van der Waals surface area (Å²) in [6.07, 6.45) is 1.10. The van der Waals surface area contributed by atoms with E-state index in [0.29, 0.717) is 12.1 Å². The predicted molar refractivity (Wildman–Crippen MR) is 60.3 cm³/mol.